The maximum absolute atomic E-state index is 13.1. The highest BCUT2D eigenvalue weighted by atomic mass is 32.1. The topological polar surface area (TPSA) is 45.9 Å². The van der Waals surface area contributed by atoms with Gasteiger partial charge in [0, 0.05) is 17.4 Å². The van der Waals surface area contributed by atoms with Crippen LogP contribution in [0.1, 0.15) is 21.7 Å². The molecule has 5 aromatic rings. The molecule has 0 saturated carbocycles. The monoisotopic (exact) mass is 474 g/mol. The van der Waals surface area contributed by atoms with Crippen LogP contribution in [0.15, 0.2) is 66.0 Å². The first-order valence-corrected chi connectivity index (χ1v) is 11.3. The van der Waals surface area contributed by atoms with E-state index in [0.29, 0.717) is 29.0 Å². The predicted octanol–water partition coefficient (Wildman–Crippen LogP) is 7.82. The number of halogens is 3. The summed E-state index contributed by atoms with van der Waals surface area (Å²) >= 11 is 1.56. The number of hydrogen-bond acceptors (Lipinski definition) is 3. The van der Waals surface area contributed by atoms with Gasteiger partial charge in [0.05, 0.1) is 33.9 Å². The second-order valence-corrected chi connectivity index (χ2v) is 8.86. The van der Waals surface area contributed by atoms with Gasteiger partial charge in [-0.25, -0.2) is 14.8 Å². The minimum atomic E-state index is -4.41. The van der Waals surface area contributed by atoms with E-state index in [1.165, 1.54) is 6.07 Å². The first-order valence-electron chi connectivity index (χ1n) is 10.4. The zero-order valence-corrected chi connectivity index (χ0v) is 18.8. The Bertz CT molecular complexity index is 1540. The number of benzene rings is 3. The number of fused-ring (bicyclic) bond motifs is 1. The van der Waals surface area contributed by atoms with Gasteiger partial charge in [-0.1, -0.05) is 36.4 Å². The van der Waals surface area contributed by atoms with Crippen LogP contribution in [0.5, 0.6) is 0 Å². The summed E-state index contributed by atoms with van der Waals surface area (Å²) in [6.07, 6.45) is -3.78. The highest BCUT2D eigenvalue weighted by molar-refractivity contribution is 7.10. The SMILES string of the molecule is [C-]#[N+]c1ccc(-c2csc(Cc3cc4nc(-c5cccc(C(F)(F)F)c5)[nH]c4cc3C)n2)cc1. The number of H-pyrrole nitrogens is 1. The van der Waals surface area contributed by atoms with Crippen LogP contribution in [-0.4, -0.2) is 15.0 Å². The molecule has 0 bridgehead atoms. The van der Waals surface area contributed by atoms with E-state index in [1.54, 1.807) is 29.5 Å². The lowest BCUT2D eigenvalue weighted by Crippen LogP contribution is -2.04. The van der Waals surface area contributed by atoms with Crippen LogP contribution < -0.4 is 0 Å². The molecule has 2 heterocycles. The first-order chi connectivity index (χ1) is 16.3. The molecule has 168 valence electrons. The number of imidazole rings is 1. The number of aromatic amines is 1. The molecule has 0 atom stereocenters. The minimum Gasteiger partial charge on any atom is -0.338 e. The van der Waals surface area contributed by atoms with Crippen LogP contribution in [0.25, 0.3) is 38.5 Å². The summed E-state index contributed by atoms with van der Waals surface area (Å²) in [6.45, 7) is 9.07. The van der Waals surface area contributed by atoms with E-state index in [2.05, 4.69) is 14.8 Å². The summed E-state index contributed by atoms with van der Waals surface area (Å²) in [7, 11) is 0. The molecule has 0 unspecified atom stereocenters. The van der Waals surface area contributed by atoms with E-state index in [0.717, 1.165) is 45.0 Å². The zero-order valence-electron chi connectivity index (χ0n) is 17.9. The summed E-state index contributed by atoms with van der Waals surface area (Å²) in [5.74, 6) is 0.400. The molecule has 34 heavy (non-hydrogen) atoms. The van der Waals surface area contributed by atoms with Crippen LogP contribution in [-0.2, 0) is 12.6 Å². The summed E-state index contributed by atoms with van der Waals surface area (Å²) in [5, 5.41) is 2.94. The second-order valence-electron chi connectivity index (χ2n) is 7.92. The van der Waals surface area contributed by atoms with Crippen LogP contribution in [0.2, 0.25) is 0 Å². The van der Waals surface area contributed by atoms with Crippen molar-refractivity contribution in [1.29, 1.82) is 0 Å². The lowest BCUT2D eigenvalue weighted by molar-refractivity contribution is -0.137. The molecule has 0 spiro atoms. The quantitative estimate of drug-likeness (QED) is 0.270. The van der Waals surface area contributed by atoms with Crippen molar-refractivity contribution < 1.29 is 13.2 Å². The molecule has 0 aliphatic rings. The number of alkyl halides is 3. The molecule has 5 rings (SSSR count). The van der Waals surface area contributed by atoms with Gasteiger partial charge < -0.3 is 4.98 Å². The zero-order chi connectivity index (χ0) is 23.9. The molecule has 3 aromatic carbocycles. The number of nitrogens with one attached hydrogen (secondary N) is 1. The molecular formula is C26H17F3N4S. The van der Waals surface area contributed by atoms with Crippen molar-refractivity contribution in [2.24, 2.45) is 0 Å². The molecule has 0 aliphatic heterocycles. The van der Waals surface area contributed by atoms with Crippen LogP contribution in [0.3, 0.4) is 0 Å². The summed E-state index contributed by atoms with van der Waals surface area (Å²) in [6, 6.07) is 16.4. The normalized spacial score (nSPS) is 11.6. The lowest BCUT2D eigenvalue weighted by Gasteiger charge is -2.07. The molecule has 0 fully saturated rings. The Morgan fingerprint density at radius 2 is 1.79 bits per heavy atom. The Balaban J connectivity index is 1.43. The third kappa shape index (κ3) is 4.30. The number of rotatable bonds is 4. The van der Waals surface area contributed by atoms with E-state index in [1.807, 2.05) is 36.6 Å². The Kier molecular flexibility index (Phi) is 5.42. The minimum absolute atomic E-state index is 0.388. The smallest absolute Gasteiger partial charge is 0.338 e. The van der Waals surface area contributed by atoms with Gasteiger partial charge in [0.25, 0.3) is 0 Å². The summed E-state index contributed by atoms with van der Waals surface area (Å²) < 4.78 is 39.3. The van der Waals surface area contributed by atoms with E-state index < -0.39 is 11.7 Å². The van der Waals surface area contributed by atoms with Crippen LogP contribution in [0, 0.1) is 13.5 Å². The van der Waals surface area contributed by atoms with Crippen LogP contribution in [0.4, 0.5) is 18.9 Å². The van der Waals surface area contributed by atoms with Crippen molar-refractivity contribution >= 4 is 28.1 Å². The number of hydrogen-bond donors (Lipinski definition) is 1. The molecular weight excluding hydrogens is 457 g/mol. The number of thiazole rings is 1. The average molecular weight is 475 g/mol. The number of aryl methyl sites for hydroxylation is 1. The fraction of sp³-hybridized carbons (Fsp3) is 0.115. The van der Waals surface area contributed by atoms with Crippen molar-refractivity contribution in [3.8, 4) is 22.6 Å². The van der Waals surface area contributed by atoms with Crippen LogP contribution >= 0.6 is 11.3 Å². The molecule has 0 amide bonds. The second kappa shape index (κ2) is 8.43. The van der Waals surface area contributed by atoms with E-state index in [-0.39, 0.29) is 0 Å². The summed E-state index contributed by atoms with van der Waals surface area (Å²) in [5.41, 5.74) is 5.66. The maximum Gasteiger partial charge on any atom is 0.416 e. The van der Waals surface area contributed by atoms with Gasteiger partial charge in [0.1, 0.15) is 5.82 Å². The van der Waals surface area contributed by atoms with Crippen molar-refractivity contribution in [2.75, 3.05) is 0 Å². The third-order valence-corrected chi connectivity index (χ3v) is 6.44. The molecule has 0 aliphatic carbocycles. The fourth-order valence-electron chi connectivity index (χ4n) is 3.77. The molecule has 8 heteroatoms. The Morgan fingerprint density at radius 1 is 1.00 bits per heavy atom. The molecule has 4 nitrogen and oxygen atoms in total. The molecule has 2 aromatic heterocycles. The molecule has 0 radical (unpaired) electrons. The van der Waals surface area contributed by atoms with Gasteiger partial charge in [0.15, 0.2) is 5.69 Å². The Hall–Kier alpha value is -3.96. The number of nitrogens with zero attached hydrogens (tertiary/aromatic N) is 3. The lowest BCUT2D eigenvalue weighted by atomic mass is 10.1. The standard InChI is InChI=1S/C26H17F3N4S/c1-15-10-21-22(33-25(32-21)17-4-3-5-19(11-17)26(27,28)29)12-18(15)13-24-31-23(14-34-24)16-6-8-20(30-2)9-7-16/h3-12,14H,13H2,1H3,(H,32,33). The Morgan fingerprint density at radius 3 is 2.53 bits per heavy atom. The third-order valence-electron chi connectivity index (χ3n) is 5.59. The van der Waals surface area contributed by atoms with E-state index in [4.69, 9.17) is 11.6 Å². The van der Waals surface area contributed by atoms with Gasteiger partial charge in [-0.3, -0.25) is 0 Å². The van der Waals surface area contributed by atoms with Gasteiger partial charge in [-0.15, -0.1) is 11.3 Å². The van der Waals surface area contributed by atoms with Gasteiger partial charge in [-0.2, -0.15) is 13.2 Å². The van der Waals surface area contributed by atoms with Crippen molar-refractivity contribution in [3.05, 3.63) is 99.2 Å². The Labute approximate surface area is 197 Å². The molecule has 0 saturated heterocycles. The first kappa shape index (κ1) is 21.9. The van der Waals surface area contributed by atoms with Crippen molar-refractivity contribution in [1.82, 2.24) is 15.0 Å². The van der Waals surface area contributed by atoms with E-state index in [9.17, 15) is 13.2 Å². The maximum atomic E-state index is 13.1. The predicted molar refractivity (Wildman–Crippen MR) is 128 cm³/mol. The van der Waals surface area contributed by atoms with Gasteiger partial charge >= 0.3 is 6.18 Å². The van der Waals surface area contributed by atoms with E-state index >= 15 is 0 Å². The highest BCUT2D eigenvalue weighted by Crippen LogP contribution is 2.33. The number of aromatic nitrogens is 3. The van der Waals surface area contributed by atoms with Crippen molar-refractivity contribution in [3.63, 3.8) is 0 Å². The van der Waals surface area contributed by atoms with Gasteiger partial charge in [0.2, 0.25) is 0 Å². The largest absolute Gasteiger partial charge is 0.416 e. The average Bonchev–Trinajstić information content (AvgIpc) is 3.46. The fourth-order valence-corrected chi connectivity index (χ4v) is 4.60. The van der Waals surface area contributed by atoms with Gasteiger partial charge in [-0.05, 0) is 47.9 Å². The van der Waals surface area contributed by atoms with Crippen molar-refractivity contribution in [2.45, 2.75) is 19.5 Å². The highest BCUT2D eigenvalue weighted by Gasteiger charge is 2.30. The molecule has 1 N–H and O–H groups in total. The summed E-state index contributed by atoms with van der Waals surface area (Å²) in [4.78, 5) is 15.9.